The van der Waals surface area contributed by atoms with Gasteiger partial charge in [0.05, 0.1) is 17.1 Å². The van der Waals surface area contributed by atoms with Gasteiger partial charge >= 0.3 is 0 Å². The van der Waals surface area contributed by atoms with Crippen molar-refractivity contribution in [3.63, 3.8) is 0 Å². The molecule has 14 rings (SSSR count). The Kier molecular flexibility index (Phi) is 9.27. The Morgan fingerprint density at radius 3 is 1.59 bits per heavy atom. The molecule has 0 N–H and O–H groups in total. The van der Waals surface area contributed by atoms with Crippen LogP contribution in [0.3, 0.4) is 0 Å². The van der Waals surface area contributed by atoms with Crippen LogP contribution in [0.4, 0.5) is 34.1 Å². The predicted octanol–water partition coefficient (Wildman–Crippen LogP) is 17.8. The third kappa shape index (κ3) is 5.92. The monoisotopic (exact) mass is 898 g/mol. The van der Waals surface area contributed by atoms with Crippen LogP contribution in [-0.4, -0.2) is 0 Å². The highest BCUT2D eigenvalue weighted by Crippen LogP contribution is 2.69. The summed E-state index contributed by atoms with van der Waals surface area (Å²) < 4.78 is 0. The fourth-order valence-corrected chi connectivity index (χ4v) is 14.2. The van der Waals surface area contributed by atoms with E-state index in [-0.39, 0.29) is 10.8 Å². The van der Waals surface area contributed by atoms with Gasteiger partial charge in [0, 0.05) is 33.5 Å². The smallest absolute Gasteiger partial charge is 0.0546 e. The molecule has 0 radical (unpaired) electrons. The summed E-state index contributed by atoms with van der Waals surface area (Å²) in [5, 5.41) is 2.51. The molecule has 0 saturated heterocycles. The fourth-order valence-electron chi connectivity index (χ4n) is 14.2. The van der Waals surface area contributed by atoms with Gasteiger partial charge in [0.2, 0.25) is 0 Å². The van der Waals surface area contributed by atoms with Crippen LogP contribution >= 0.6 is 0 Å². The summed E-state index contributed by atoms with van der Waals surface area (Å²) in [6, 6.07) is 86.9. The zero-order valence-corrected chi connectivity index (χ0v) is 39.8. The highest BCUT2D eigenvalue weighted by molar-refractivity contribution is 6.06. The van der Waals surface area contributed by atoms with E-state index in [9.17, 15) is 0 Å². The summed E-state index contributed by atoms with van der Waals surface area (Å²) in [6.07, 6.45) is 4.60. The van der Waals surface area contributed by atoms with Crippen molar-refractivity contribution in [2.45, 2.75) is 50.4 Å². The van der Waals surface area contributed by atoms with Crippen LogP contribution in [0.5, 0.6) is 0 Å². The molecule has 3 unspecified atom stereocenters. The van der Waals surface area contributed by atoms with E-state index in [2.05, 4.69) is 254 Å². The highest BCUT2D eigenvalue weighted by Gasteiger charge is 2.62. The van der Waals surface area contributed by atoms with Gasteiger partial charge in [-0.1, -0.05) is 190 Å². The van der Waals surface area contributed by atoms with Crippen LogP contribution in [0.2, 0.25) is 0 Å². The summed E-state index contributed by atoms with van der Waals surface area (Å²) in [4.78, 5) is 5.27. The van der Waals surface area contributed by atoms with Crippen molar-refractivity contribution in [1.82, 2.24) is 0 Å². The maximum atomic E-state index is 2.64. The van der Waals surface area contributed by atoms with Crippen molar-refractivity contribution < 1.29 is 0 Å². The van der Waals surface area contributed by atoms with Gasteiger partial charge in [0.15, 0.2) is 0 Å². The molecule has 3 atom stereocenters. The predicted molar refractivity (Wildman–Crippen MR) is 293 cm³/mol. The van der Waals surface area contributed by atoms with Gasteiger partial charge in [-0.25, -0.2) is 0 Å². The number of fused-ring (bicyclic) bond motifs is 6. The summed E-state index contributed by atoms with van der Waals surface area (Å²) in [5.74, 6) is 0.953. The van der Waals surface area contributed by atoms with Crippen LogP contribution < -0.4 is 9.80 Å². The van der Waals surface area contributed by atoms with Crippen molar-refractivity contribution in [2.24, 2.45) is 11.8 Å². The van der Waals surface area contributed by atoms with Crippen LogP contribution in [0.1, 0.15) is 60.1 Å². The van der Waals surface area contributed by atoms with Gasteiger partial charge in [0.25, 0.3) is 0 Å². The molecule has 1 fully saturated rings. The Morgan fingerprint density at radius 1 is 0.386 bits per heavy atom. The molecule has 10 aromatic carbocycles. The lowest BCUT2D eigenvalue weighted by Gasteiger charge is -2.40. The first-order chi connectivity index (χ1) is 34.5. The largest absolute Gasteiger partial charge is 0.310 e. The molecule has 336 valence electrons. The van der Waals surface area contributed by atoms with Crippen molar-refractivity contribution in [2.75, 3.05) is 9.80 Å². The first-order valence-electron chi connectivity index (χ1n) is 25.4. The Labute approximate surface area is 412 Å². The van der Waals surface area contributed by atoms with E-state index in [1.54, 1.807) is 0 Å². The Balaban J connectivity index is 1.04. The number of rotatable bonds is 8. The fraction of sp³-hybridized carbons (Fsp3) is 0.147. The maximum absolute atomic E-state index is 2.64. The van der Waals surface area contributed by atoms with Gasteiger partial charge in [-0.05, 0) is 164 Å². The summed E-state index contributed by atoms with van der Waals surface area (Å²) in [7, 11) is 0. The average Bonchev–Trinajstić information content (AvgIpc) is 4.11. The molecular weight excluding hydrogens is 845 g/mol. The molecule has 2 nitrogen and oxygen atoms in total. The molecule has 0 aromatic heterocycles. The summed E-state index contributed by atoms with van der Waals surface area (Å²) >= 11 is 0. The van der Waals surface area contributed by atoms with Crippen LogP contribution in [0.15, 0.2) is 231 Å². The molecule has 0 heterocycles. The molecule has 2 heteroatoms. The molecule has 1 spiro atoms. The standard InChI is InChI=1S/C68H54N2/c1-67(2)58-34-18-17-33-56(58)64-57(45-21-7-3-8-22-45)43-54(44-59(64)67)69(52-28-11-5-12-29-52)61-35-19-26-48-41-50-38-39-51-42-49-27-20-36-62(66(49)68(50,51)65(48)61)70(53-30-13-6-14-31-53)60-40-37-46-23-15-16-32-55(46)63(60)47-24-9-4-10-25-47/h3-37,40,43-44,50-51H,38-39,41-42H2,1-2H3. The van der Waals surface area contributed by atoms with E-state index in [4.69, 9.17) is 0 Å². The van der Waals surface area contributed by atoms with E-state index < -0.39 is 0 Å². The van der Waals surface area contributed by atoms with E-state index in [1.807, 2.05) is 0 Å². The third-order valence-corrected chi connectivity index (χ3v) is 16.9. The quantitative estimate of drug-likeness (QED) is 0.150. The number of anilines is 6. The number of benzene rings is 10. The van der Waals surface area contributed by atoms with E-state index in [1.165, 1.54) is 124 Å². The lowest BCUT2D eigenvalue weighted by molar-refractivity contribution is 0.350. The molecule has 4 aliphatic carbocycles. The number of para-hydroxylation sites is 2. The Bertz CT molecular complexity index is 3640. The normalized spacial score (nSPS) is 18.7. The van der Waals surface area contributed by atoms with E-state index in [0.29, 0.717) is 11.8 Å². The maximum Gasteiger partial charge on any atom is 0.0546 e. The molecule has 1 saturated carbocycles. The number of hydrogen-bond donors (Lipinski definition) is 0. The summed E-state index contributed by atoms with van der Waals surface area (Å²) in [6.45, 7) is 4.84. The minimum absolute atomic E-state index is 0.186. The highest BCUT2D eigenvalue weighted by atomic mass is 15.2. The lowest BCUT2D eigenvalue weighted by Crippen LogP contribution is -2.34. The molecule has 0 amide bonds. The van der Waals surface area contributed by atoms with Crippen molar-refractivity contribution >= 4 is 44.9 Å². The lowest BCUT2D eigenvalue weighted by atomic mass is 9.68. The second kappa shape index (κ2) is 15.8. The molecule has 0 bridgehead atoms. The van der Waals surface area contributed by atoms with Gasteiger partial charge in [0.1, 0.15) is 0 Å². The van der Waals surface area contributed by atoms with Crippen molar-refractivity contribution in [3.05, 3.63) is 264 Å². The third-order valence-electron chi connectivity index (χ3n) is 16.9. The minimum Gasteiger partial charge on any atom is -0.310 e. The van der Waals surface area contributed by atoms with E-state index in [0.717, 1.165) is 12.8 Å². The molecule has 10 aromatic rings. The average molecular weight is 899 g/mol. The second-order valence-corrected chi connectivity index (χ2v) is 20.7. The van der Waals surface area contributed by atoms with Gasteiger partial charge in [-0.2, -0.15) is 0 Å². The van der Waals surface area contributed by atoms with Crippen molar-refractivity contribution in [1.29, 1.82) is 0 Å². The van der Waals surface area contributed by atoms with E-state index >= 15 is 0 Å². The summed E-state index contributed by atoms with van der Waals surface area (Å²) in [5.41, 5.74) is 23.5. The Hall–Kier alpha value is -7.94. The first kappa shape index (κ1) is 41.1. The zero-order chi connectivity index (χ0) is 46.6. The van der Waals surface area contributed by atoms with Gasteiger partial charge in [-0.15, -0.1) is 0 Å². The Morgan fingerprint density at radius 2 is 0.929 bits per heavy atom. The molecular formula is C68H54N2. The number of hydrogen-bond acceptors (Lipinski definition) is 2. The molecule has 70 heavy (non-hydrogen) atoms. The van der Waals surface area contributed by atoms with Crippen LogP contribution in [-0.2, 0) is 23.7 Å². The van der Waals surface area contributed by atoms with Crippen LogP contribution in [0, 0.1) is 11.8 Å². The van der Waals surface area contributed by atoms with Gasteiger partial charge < -0.3 is 9.80 Å². The zero-order valence-electron chi connectivity index (χ0n) is 39.8. The van der Waals surface area contributed by atoms with Gasteiger partial charge in [-0.3, -0.25) is 0 Å². The van der Waals surface area contributed by atoms with Crippen LogP contribution in [0.25, 0.3) is 44.2 Å². The first-order valence-corrected chi connectivity index (χ1v) is 25.4. The second-order valence-electron chi connectivity index (χ2n) is 20.7. The molecule has 4 aliphatic rings. The van der Waals surface area contributed by atoms with Crippen molar-refractivity contribution in [3.8, 4) is 33.4 Å². The SMILES string of the molecule is CC1(C)c2ccccc2-c2c(-c3ccccc3)cc(N(c3ccccc3)c3cccc4c3C35c6c(cccc6N(c6ccccc6)c6ccc7ccccc7c6-c6ccccc6)CC3CCC5C4)cc21. The minimum atomic E-state index is -0.198. The molecule has 0 aliphatic heterocycles. The topological polar surface area (TPSA) is 6.48 Å². The number of nitrogens with zero attached hydrogens (tertiary/aromatic N) is 2.